The number of piperidine rings is 1. The van der Waals surface area contributed by atoms with Crippen LogP contribution in [0.5, 0.6) is 5.75 Å². The quantitative estimate of drug-likeness (QED) is 0.641. The third-order valence-electron chi connectivity index (χ3n) is 3.79. The van der Waals surface area contributed by atoms with Crippen molar-refractivity contribution in [2.75, 3.05) is 25.9 Å². The number of hydrogen-bond acceptors (Lipinski definition) is 4. The van der Waals surface area contributed by atoms with Gasteiger partial charge in [0.15, 0.2) is 5.78 Å². The van der Waals surface area contributed by atoms with E-state index >= 15 is 0 Å². The minimum atomic E-state index is 0. The largest absolute Gasteiger partial charge is 0.495 e. The molecule has 0 aliphatic carbocycles. The third-order valence-corrected chi connectivity index (χ3v) is 3.79. The van der Waals surface area contributed by atoms with Gasteiger partial charge >= 0.3 is 0 Å². The van der Waals surface area contributed by atoms with Crippen LogP contribution in [0.3, 0.4) is 0 Å². The lowest BCUT2D eigenvalue weighted by Crippen LogP contribution is -2.28. The predicted octanol–water partition coefficient (Wildman–Crippen LogP) is 3.08. The molecular weight excluding hydrogens is 311 g/mol. The number of hydrogen-bond donors (Lipinski definition) is 2. The van der Waals surface area contributed by atoms with Crippen LogP contribution in [0.4, 0.5) is 5.69 Å². The number of benzene rings is 1. The molecule has 0 amide bonds. The number of ether oxygens (including phenoxy) is 1. The molecule has 0 aromatic heterocycles. The van der Waals surface area contributed by atoms with Crippen LogP contribution in [-0.2, 0) is 0 Å². The molecule has 0 atom stereocenters. The van der Waals surface area contributed by atoms with Gasteiger partial charge < -0.3 is 15.8 Å². The summed E-state index contributed by atoms with van der Waals surface area (Å²) in [6, 6.07) is 5.26. The van der Waals surface area contributed by atoms with Crippen molar-refractivity contribution < 1.29 is 9.53 Å². The summed E-state index contributed by atoms with van der Waals surface area (Å²) >= 11 is 0. The van der Waals surface area contributed by atoms with E-state index in [-0.39, 0.29) is 30.6 Å². The highest BCUT2D eigenvalue weighted by atomic mass is 35.5. The Balaban J connectivity index is 0.00000200. The molecule has 3 N–H and O–H groups in total. The summed E-state index contributed by atoms with van der Waals surface area (Å²) in [6.07, 6.45) is 3.94. The molecule has 1 heterocycles. The molecule has 1 aliphatic rings. The Bertz CT molecular complexity index is 449. The Labute approximate surface area is 138 Å². The van der Waals surface area contributed by atoms with Crippen molar-refractivity contribution in [3.05, 3.63) is 23.8 Å². The van der Waals surface area contributed by atoms with Crippen LogP contribution in [-0.4, -0.2) is 26.0 Å². The number of carbonyl (C=O) groups excluding carboxylic acids is 1. The molecule has 21 heavy (non-hydrogen) atoms. The minimum Gasteiger partial charge on any atom is -0.495 e. The zero-order chi connectivity index (χ0) is 13.7. The monoisotopic (exact) mass is 334 g/mol. The first-order chi connectivity index (χ1) is 9.20. The highest BCUT2D eigenvalue weighted by Gasteiger charge is 2.15. The molecule has 0 saturated carbocycles. The van der Waals surface area contributed by atoms with Gasteiger partial charge in [0.05, 0.1) is 12.8 Å². The first kappa shape index (κ1) is 20.0. The molecule has 1 aromatic carbocycles. The van der Waals surface area contributed by atoms with Crippen molar-refractivity contribution in [1.29, 1.82) is 0 Å². The molecule has 1 fully saturated rings. The van der Waals surface area contributed by atoms with Gasteiger partial charge in [0.25, 0.3) is 0 Å². The summed E-state index contributed by atoms with van der Waals surface area (Å²) in [5.74, 6) is 1.48. The smallest absolute Gasteiger partial charge is 0.162 e. The van der Waals surface area contributed by atoms with E-state index in [0.717, 1.165) is 19.5 Å². The standard InChI is InChI=1S/C15H22N2O2.2ClH/c1-19-15-5-3-12(10-13(15)16)14(18)4-2-11-6-8-17-9-7-11;;/h3,5,10-11,17H,2,4,6-9,16H2,1H3;2*1H. The van der Waals surface area contributed by atoms with Gasteiger partial charge in [-0.3, -0.25) is 4.79 Å². The number of methoxy groups -OCH3 is 1. The zero-order valence-electron chi connectivity index (χ0n) is 12.3. The lowest BCUT2D eigenvalue weighted by Gasteiger charge is -2.22. The van der Waals surface area contributed by atoms with Gasteiger partial charge in [-0.15, -0.1) is 24.8 Å². The van der Waals surface area contributed by atoms with Gasteiger partial charge in [-0.05, 0) is 56.5 Å². The molecule has 120 valence electrons. The average molecular weight is 335 g/mol. The minimum absolute atomic E-state index is 0. The van der Waals surface area contributed by atoms with E-state index in [1.165, 1.54) is 12.8 Å². The van der Waals surface area contributed by atoms with Crippen molar-refractivity contribution in [3.8, 4) is 5.75 Å². The normalized spacial score (nSPS) is 14.7. The molecule has 1 aliphatic heterocycles. The van der Waals surface area contributed by atoms with Crippen LogP contribution in [0, 0.1) is 5.92 Å². The lowest BCUT2D eigenvalue weighted by molar-refractivity contribution is 0.0971. The summed E-state index contributed by atoms with van der Waals surface area (Å²) < 4.78 is 5.09. The van der Waals surface area contributed by atoms with E-state index in [9.17, 15) is 4.79 Å². The fourth-order valence-corrected chi connectivity index (χ4v) is 2.56. The Morgan fingerprint density at radius 2 is 2.00 bits per heavy atom. The Kier molecular flexibility index (Phi) is 9.42. The third kappa shape index (κ3) is 5.73. The van der Waals surface area contributed by atoms with Crippen LogP contribution >= 0.6 is 24.8 Å². The number of Topliss-reactive ketones (excluding diaryl/α,β-unsaturated/α-hetero) is 1. The van der Waals surface area contributed by atoms with Gasteiger partial charge in [0.2, 0.25) is 0 Å². The van der Waals surface area contributed by atoms with Gasteiger partial charge in [0.1, 0.15) is 5.75 Å². The summed E-state index contributed by atoms with van der Waals surface area (Å²) in [6.45, 7) is 2.16. The van der Waals surface area contributed by atoms with Crippen molar-refractivity contribution in [2.45, 2.75) is 25.7 Å². The number of nitrogen functional groups attached to an aromatic ring is 1. The molecule has 1 aromatic rings. The van der Waals surface area contributed by atoms with Crippen molar-refractivity contribution in [3.63, 3.8) is 0 Å². The molecule has 0 radical (unpaired) electrons. The highest BCUT2D eigenvalue weighted by Crippen LogP contribution is 2.24. The fraction of sp³-hybridized carbons (Fsp3) is 0.533. The number of ketones is 1. The van der Waals surface area contributed by atoms with Crippen LogP contribution in [0.25, 0.3) is 0 Å². The zero-order valence-corrected chi connectivity index (χ0v) is 13.9. The van der Waals surface area contributed by atoms with Gasteiger partial charge in [0, 0.05) is 12.0 Å². The maximum atomic E-state index is 12.1. The van der Waals surface area contributed by atoms with E-state index < -0.39 is 0 Å². The Hall–Kier alpha value is -0.970. The number of halogens is 2. The molecule has 6 heteroatoms. The predicted molar refractivity (Wildman–Crippen MR) is 91.1 cm³/mol. The molecule has 2 rings (SSSR count). The molecule has 0 spiro atoms. The number of anilines is 1. The van der Waals surface area contributed by atoms with Crippen molar-refractivity contribution >= 4 is 36.3 Å². The van der Waals surface area contributed by atoms with E-state index in [2.05, 4.69) is 5.32 Å². The second kappa shape index (κ2) is 9.87. The van der Waals surface area contributed by atoms with E-state index in [0.29, 0.717) is 29.3 Å². The summed E-state index contributed by atoms with van der Waals surface area (Å²) in [7, 11) is 1.57. The molecular formula is C15H24Cl2N2O2. The highest BCUT2D eigenvalue weighted by molar-refractivity contribution is 5.97. The average Bonchev–Trinajstić information content (AvgIpc) is 2.45. The van der Waals surface area contributed by atoms with Crippen LogP contribution in [0.15, 0.2) is 18.2 Å². The summed E-state index contributed by atoms with van der Waals surface area (Å²) in [5, 5.41) is 3.34. The van der Waals surface area contributed by atoms with Crippen molar-refractivity contribution in [1.82, 2.24) is 5.32 Å². The van der Waals surface area contributed by atoms with Gasteiger partial charge in [-0.2, -0.15) is 0 Å². The van der Waals surface area contributed by atoms with Crippen LogP contribution in [0.2, 0.25) is 0 Å². The van der Waals surface area contributed by atoms with Crippen LogP contribution < -0.4 is 15.8 Å². The number of nitrogens with two attached hydrogens (primary N) is 1. The Morgan fingerprint density at radius 3 is 2.57 bits per heavy atom. The molecule has 0 bridgehead atoms. The first-order valence-corrected chi connectivity index (χ1v) is 6.88. The van der Waals surface area contributed by atoms with Gasteiger partial charge in [-0.1, -0.05) is 0 Å². The second-order valence-electron chi connectivity index (χ2n) is 5.11. The SMILES string of the molecule is COc1ccc(C(=O)CCC2CCNCC2)cc1N.Cl.Cl. The summed E-state index contributed by atoms with van der Waals surface area (Å²) in [4.78, 5) is 12.1. The van der Waals surface area contributed by atoms with E-state index in [4.69, 9.17) is 10.5 Å². The number of nitrogens with one attached hydrogen (secondary N) is 1. The Morgan fingerprint density at radius 1 is 1.33 bits per heavy atom. The maximum absolute atomic E-state index is 12.1. The van der Waals surface area contributed by atoms with E-state index in [1.54, 1.807) is 25.3 Å². The number of rotatable bonds is 5. The van der Waals surface area contributed by atoms with Crippen molar-refractivity contribution in [2.24, 2.45) is 5.92 Å². The van der Waals surface area contributed by atoms with E-state index in [1.807, 2.05) is 0 Å². The maximum Gasteiger partial charge on any atom is 0.162 e. The molecule has 1 saturated heterocycles. The lowest BCUT2D eigenvalue weighted by atomic mass is 9.91. The molecule has 4 nitrogen and oxygen atoms in total. The first-order valence-electron chi connectivity index (χ1n) is 6.88. The topological polar surface area (TPSA) is 64.3 Å². The second-order valence-corrected chi connectivity index (χ2v) is 5.11. The summed E-state index contributed by atoms with van der Waals surface area (Å²) in [5.41, 5.74) is 7.03. The van der Waals surface area contributed by atoms with Gasteiger partial charge in [-0.25, -0.2) is 0 Å². The fourth-order valence-electron chi connectivity index (χ4n) is 2.56. The number of carbonyl (C=O) groups is 1. The van der Waals surface area contributed by atoms with Crippen LogP contribution in [0.1, 0.15) is 36.0 Å². The molecule has 0 unspecified atom stereocenters.